The lowest BCUT2D eigenvalue weighted by molar-refractivity contribution is 0.0725. The molecular formula is C21H29N7O. The van der Waals surface area contributed by atoms with Crippen LogP contribution in [-0.2, 0) is 0 Å². The molecule has 8 heteroatoms. The van der Waals surface area contributed by atoms with E-state index >= 15 is 0 Å². The highest BCUT2D eigenvalue weighted by Crippen LogP contribution is 2.26. The Hall–Kier alpha value is -2.90. The summed E-state index contributed by atoms with van der Waals surface area (Å²) in [6, 6.07) is 5.99. The summed E-state index contributed by atoms with van der Waals surface area (Å²) in [5.41, 5.74) is 0.665. The van der Waals surface area contributed by atoms with Crippen molar-refractivity contribution in [1.29, 1.82) is 0 Å². The number of hydrogen-bond donors (Lipinski definition) is 2. The SMILES string of the molecule is CNc1cc(N2CCCC2CNc2ncccc2C(=O)N2CCCCC2)ncn1. The fourth-order valence-electron chi connectivity index (χ4n) is 4.19. The van der Waals surface area contributed by atoms with Gasteiger partial charge in [0.1, 0.15) is 23.8 Å². The van der Waals surface area contributed by atoms with Crippen LogP contribution in [0.1, 0.15) is 42.5 Å². The van der Waals surface area contributed by atoms with Gasteiger partial charge in [-0.1, -0.05) is 0 Å². The lowest BCUT2D eigenvalue weighted by atomic mass is 10.1. The Labute approximate surface area is 171 Å². The number of pyridine rings is 1. The van der Waals surface area contributed by atoms with E-state index in [4.69, 9.17) is 0 Å². The number of nitrogens with one attached hydrogen (secondary N) is 2. The lowest BCUT2D eigenvalue weighted by Crippen LogP contribution is -2.37. The van der Waals surface area contributed by atoms with E-state index in [0.29, 0.717) is 17.4 Å². The molecule has 0 aromatic carbocycles. The lowest BCUT2D eigenvalue weighted by Gasteiger charge is -2.28. The second-order valence-corrected chi connectivity index (χ2v) is 7.63. The Morgan fingerprint density at radius 3 is 2.83 bits per heavy atom. The van der Waals surface area contributed by atoms with Crippen LogP contribution in [0.3, 0.4) is 0 Å². The maximum atomic E-state index is 13.0. The van der Waals surface area contributed by atoms with Gasteiger partial charge in [-0.05, 0) is 44.2 Å². The van der Waals surface area contributed by atoms with Crippen LogP contribution in [0.5, 0.6) is 0 Å². The van der Waals surface area contributed by atoms with Crippen molar-refractivity contribution in [2.75, 3.05) is 48.8 Å². The Morgan fingerprint density at radius 2 is 2.00 bits per heavy atom. The molecule has 29 heavy (non-hydrogen) atoms. The van der Waals surface area contributed by atoms with Crippen LogP contribution < -0.4 is 15.5 Å². The molecule has 8 nitrogen and oxygen atoms in total. The molecular weight excluding hydrogens is 366 g/mol. The van der Waals surface area contributed by atoms with Crippen molar-refractivity contribution in [3.05, 3.63) is 36.3 Å². The zero-order valence-electron chi connectivity index (χ0n) is 17.0. The minimum Gasteiger partial charge on any atom is -0.373 e. The molecule has 4 rings (SSSR count). The summed E-state index contributed by atoms with van der Waals surface area (Å²) in [5.74, 6) is 2.50. The van der Waals surface area contributed by atoms with E-state index in [1.165, 1.54) is 6.42 Å². The second-order valence-electron chi connectivity index (χ2n) is 7.63. The summed E-state index contributed by atoms with van der Waals surface area (Å²) in [7, 11) is 1.86. The van der Waals surface area contributed by atoms with Crippen LogP contribution in [0.4, 0.5) is 17.5 Å². The third kappa shape index (κ3) is 4.41. The number of aromatic nitrogens is 3. The molecule has 2 saturated heterocycles. The summed E-state index contributed by atoms with van der Waals surface area (Å²) in [6.45, 7) is 3.36. The number of piperidine rings is 1. The van der Waals surface area contributed by atoms with Crippen molar-refractivity contribution >= 4 is 23.4 Å². The Kier molecular flexibility index (Phi) is 6.07. The van der Waals surface area contributed by atoms with Crippen molar-refractivity contribution in [3.63, 3.8) is 0 Å². The average molecular weight is 396 g/mol. The molecule has 0 aliphatic carbocycles. The quantitative estimate of drug-likeness (QED) is 0.777. The number of carbonyl (C=O) groups is 1. The van der Waals surface area contributed by atoms with Crippen molar-refractivity contribution in [2.45, 2.75) is 38.1 Å². The third-order valence-electron chi connectivity index (χ3n) is 5.77. The molecule has 4 heterocycles. The van der Waals surface area contributed by atoms with Crippen LogP contribution in [0, 0.1) is 0 Å². The fraction of sp³-hybridized carbons (Fsp3) is 0.524. The number of nitrogens with zero attached hydrogens (tertiary/aromatic N) is 5. The zero-order chi connectivity index (χ0) is 20.1. The smallest absolute Gasteiger partial charge is 0.257 e. The van der Waals surface area contributed by atoms with Gasteiger partial charge in [-0.2, -0.15) is 0 Å². The molecule has 1 unspecified atom stereocenters. The Morgan fingerprint density at radius 1 is 1.14 bits per heavy atom. The third-order valence-corrected chi connectivity index (χ3v) is 5.77. The molecule has 2 aliphatic heterocycles. The van der Waals surface area contributed by atoms with Gasteiger partial charge in [0.2, 0.25) is 0 Å². The summed E-state index contributed by atoms with van der Waals surface area (Å²) >= 11 is 0. The van der Waals surface area contributed by atoms with Crippen molar-refractivity contribution in [1.82, 2.24) is 19.9 Å². The number of carbonyl (C=O) groups excluding carboxylic acids is 1. The highest BCUT2D eigenvalue weighted by Gasteiger charge is 2.27. The molecule has 2 aliphatic rings. The Balaban J connectivity index is 1.45. The van der Waals surface area contributed by atoms with Crippen molar-refractivity contribution < 1.29 is 4.79 Å². The molecule has 2 fully saturated rings. The largest absolute Gasteiger partial charge is 0.373 e. The molecule has 2 aromatic rings. The van der Waals surface area contributed by atoms with Gasteiger partial charge in [0.15, 0.2) is 0 Å². The van der Waals surface area contributed by atoms with Gasteiger partial charge in [0.05, 0.1) is 5.56 Å². The molecule has 0 radical (unpaired) electrons. The number of anilines is 3. The molecule has 1 amide bonds. The monoisotopic (exact) mass is 395 g/mol. The first-order chi connectivity index (χ1) is 14.3. The first-order valence-corrected chi connectivity index (χ1v) is 10.5. The first kappa shape index (κ1) is 19.4. The minimum absolute atomic E-state index is 0.0815. The van der Waals surface area contributed by atoms with Gasteiger partial charge < -0.3 is 20.4 Å². The van der Waals surface area contributed by atoms with Crippen molar-refractivity contribution in [2.24, 2.45) is 0 Å². The summed E-state index contributed by atoms with van der Waals surface area (Å²) in [4.78, 5) is 30.4. The summed E-state index contributed by atoms with van der Waals surface area (Å²) in [6.07, 6.45) is 8.90. The van der Waals surface area contributed by atoms with Crippen LogP contribution in [-0.4, -0.2) is 65.0 Å². The zero-order valence-corrected chi connectivity index (χ0v) is 17.0. The second kappa shape index (κ2) is 9.07. The van der Waals surface area contributed by atoms with Gasteiger partial charge in [0, 0.05) is 51.5 Å². The van der Waals surface area contributed by atoms with Crippen LogP contribution in [0.15, 0.2) is 30.7 Å². The van der Waals surface area contributed by atoms with E-state index in [0.717, 1.165) is 63.5 Å². The van der Waals surface area contributed by atoms with Crippen LogP contribution in [0.25, 0.3) is 0 Å². The molecule has 0 saturated carbocycles. The molecule has 2 aromatic heterocycles. The number of amides is 1. The van der Waals surface area contributed by atoms with Crippen molar-refractivity contribution in [3.8, 4) is 0 Å². The van der Waals surface area contributed by atoms with Gasteiger partial charge in [0.25, 0.3) is 5.91 Å². The number of likely N-dealkylation sites (tertiary alicyclic amines) is 1. The molecule has 2 N–H and O–H groups in total. The number of rotatable bonds is 6. The highest BCUT2D eigenvalue weighted by molar-refractivity contribution is 5.98. The molecule has 1 atom stereocenters. The first-order valence-electron chi connectivity index (χ1n) is 10.5. The average Bonchev–Trinajstić information content (AvgIpc) is 3.27. The maximum Gasteiger partial charge on any atom is 0.257 e. The normalized spacial score (nSPS) is 19.3. The highest BCUT2D eigenvalue weighted by atomic mass is 16.2. The van der Waals surface area contributed by atoms with E-state index < -0.39 is 0 Å². The van der Waals surface area contributed by atoms with E-state index in [9.17, 15) is 4.79 Å². The summed E-state index contributed by atoms with van der Waals surface area (Å²) < 4.78 is 0. The van der Waals surface area contributed by atoms with Gasteiger partial charge >= 0.3 is 0 Å². The summed E-state index contributed by atoms with van der Waals surface area (Å²) in [5, 5.41) is 6.51. The fourth-order valence-corrected chi connectivity index (χ4v) is 4.19. The van der Waals surface area contributed by atoms with E-state index in [1.54, 1.807) is 12.5 Å². The molecule has 0 bridgehead atoms. The predicted octanol–water partition coefficient (Wildman–Crippen LogP) is 2.62. The van der Waals surface area contributed by atoms with Gasteiger partial charge in [-0.25, -0.2) is 15.0 Å². The standard InChI is InChI=1S/C21H29N7O/c1-22-18-13-19(26-15-25-18)28-12-6-7-16(28)14-24-20-17(8-5-9-23-20)21(29)27-10-3-2-4-11-27/h5,8-9,13,15-16H,2-4,6-7,10-12,14H2,1H3,(H,23,24)(H,22,25,26). The van der Waals surface area contributed by atoms with E-state index in [-0.39, 0.29) is 5.91 Å². The minimum atomic E-state index is 0.0815. The Bertz CT molecular complexity index is 837. The van der Waals surface area contributed by atoms with E-state index in [2.05, 4.69) is 30.5 Å². The van der Waals surface area contributed by atoms with Gasteiger partial charge in [-0.3, -0.25) is 4.79 Å². The van der Waals surface area contributed by atoms with Crippen LogP contribution >= 0.6 is 0 Å². The predicted molar refractivity (Wildman–Crippen MR) is 114 cm³/mol. The van der Waals surface area contributed by atoms with E-state index in [1.807, 2.05) is 30.1 Å². The number of hydrogen-bond acceptors (Lipinski definition) is 7. The molecule has 154 valence electrons. The maximum absolute atomic E-state index is 13.0. The molecule has 0 spiro atoms. The van der Waals surface area contributed by atoms with Crippen LogP contribution in [0.2, 0.25) is 0 Å². The van der Waals surface area contributed by atoms with Gasteiger partial charge in [-0.15, -0.1) is 0 Å². The topological polar surface area (TPSA) is 86.3 Å².